The van der Waals surface area contributed by atoms with Crippen LogP contribution in [0.5, 0.6) is 0 Å². The Kier molecular flexibility index (Phi) is 5.66. The van der Waals surface area contributed by atoms with Crippen molar-refractivity contribution >= 4 is 5.69 Å². The summed E-state index contributed by atoms with van der Waals surface area (Å²) >= 11 is 0. The van der Waals surface area contributed by atoms with Gasteiger partial charge in [0, 0.05) is 19.3 Å². The van der Waals surface area contributed by atoms with E-state index in [1.807, 2.05) is 12.1 Å². The molecule has 0 aliphatic carbocycles. The second-order valence-corrected chi connectivity index (χ2v) is 5.16. The SMILES string of the molecule is CC(C)CNCc1ccc(N(C)CC(F)(F)F)cc1. The first-order chi connectivity index (χ1) is 8.78. The van der Waals surface area contributed by atoms with Crippen LogP contribution in [0.1, 0.15) is 19.4 Å². The molecule has 5 heteroatoms. The molecule has 0 atom stereocenters. The lowest BCUT2D eigenvalue weighted by Crippen LogP contribution is -2.30. The average molecular weight is 274 g/mol. The monoisotopic (exact) mass is 274 g/mol. The van der Waals surface area contributed by atoms with Crippen molar-refractivity contribution in [2.24, 2.45) is 5.92 Å². The second-order valence-electron chi connectivity index (χ2n) is 5.16. The molecule has 0 bridgehead atoms. The summed E-state index contributed by atoms with van der Waals surface area (Å²) < 4.78 is 36.8. The molecule has 2 nitrogen and oxygen atoms in total. The molecule has 19 heavy (non-hydrogen) atoms. The van der Waals surface area contributed by atoms with Gasteiger partial charge in [-0.1, -0.05) is 26.0 Å². The van der Waals surface area contributed by atoms with Crippen LogP contribution in [0.4, 0.5) is 18.9 Å². The summed E-state index contributed by atoms with van der Waals surface area (Å²) in [6.07, 6.45) is -4.17. The number of benzene rings is 1. The third-order valence-electron chi connectivity index (χ3n) is 2.68. The standard InChI is InChI=1S/C14H21F3N2/c1-11(2)8-18-9-12-4-6-13(7-5-12)19(3)10-14(15,16)17/h4-7,11,18H,8-10H2,1-3H3. The van der Waals surface area contributed by atoms with Gasteiger partial charge in [0.25, 0.3) is 0 Å². The number of rotatable bonds is 6. The fourth-order valence-corrected chi connectivity index (χ4v) is 1.73. The van der Waals surface area contributed by atoms with E-state index in [1.54, 1.807) is 12.1 Å². The Hall–Kier alpha value is -1.23. The van der Waals surface area contributed by atoms with Crippen molar-refractivity contribution in [1.29, 1.82) is 0 Å². The van der Waals surface area contributed by atoms with Crippen LogP contribution in [-0.4, -0.2) is 26.3 Å². The molecule has 108 valence electrons. The van der Waals surface area contributed by atoms with Gasteiger partial charge in [0.05, 0.1) is 0 Å². The molecule has 0 amide bonds. The van der Waals surface area contributed by atoms with E-state index < -0.39 is 12.7 Å². The van der Waals surface area contributed by atoms with Gasteiger partial charge in [-0.15, -0.1) is 0 Å². The number of halogens is 3. The molecule has 0 fully saturated rings. The van der Waals surface area contributed by atoms with Crippen molar-refractivity contribution in [3.05, 3.63) is 29.8 Å². The molecular weight excluding hydrogens is 253 g/mol. The molecule has 0 saturated carbocycles. The van der Waals surface area contributed by atoms with Crippen LogP contribution in [-0.2, 0) is 6.54 Å². The third-order valence-corrected chi connectivity index (χ3v) is 2.68. The zero-order chi connectivity index (χ0) is 14.5. The molecule has 0 spiro atoms. The molecular formula is C14H21F3N2. The van der Waals surface area contributed by atoms with E-state index in [-0.39, 0.29) is 0 Å². The Bertz CT molecular complexity index is 371. The van der Waals surface area contributed by atoms with E-state index in [0.717, 1.165) is 18.7 Å². The van der Waals surface area contributed by atoms with E-state index in [1.165, 1.54) is 11.9 Å². The predicted molar refractivity (Wildman–Crippen MR) is 72.3 cm³/mol. The Morgan fingerprint density at radius 1 is 1.16 bits per heavy atom. The van der Waals surface area contributed by atoms with Crippen LogP contribution in [0.2, 0.25) is 0 Å². The summed E-state index contributed by atoms with van der Waals surface area (Å²) in [5, 5.41) is 3.29. The zero-order valence-electron chi connectivity index (χ0n) is 11.6. The van der Waals surface area contributed by atoms with Gasteiger partial charge in [0.1, 0.15) is 6.54 Å². The largest absolute Gasteiger partial charge is 0.405 e. The smallest absolute Gasteiger partial charge is 0.366 e. The molecule has 0 aliphatic rings. The normalized spacial score (nSPS) is 11.9. The van der Waals surface area contributed by atoms with E-state index in [2.05, 4.69) is 19.2 Å². The number of nitrogens with one attached hydrogen (secondary N) is 1. The second kappa shape index (κ2) is 6.80. The highest BCUT2D eigenvalue weighted by Crippen LogP contribution is 2.21. The molecule has 0 heterocycles. The minimum Gasteiger partial charge on any atom is -0.366 e. The van der Waals surface area contributed by atoms with Crippen LogP contribution < -0.4 is 10.2 Å². The number of hydrogen-bond acceptors (Lipinski definition) is 2. The van der Waals surface area contributed by atoms with Crippen LogP contribution in [0, 0.1) is 5.92 Å². The molecule has 1 rings (SSSR count). The van der Waals surface area contributed by atoms with Gasteiger partial charge in [0.2, 0.25) is 0 Å². The van der Waals surface area contributed by atoms with Crippen molar-refractivity contribution < 1.29 is 13.2 Å². The van der Waals surface area contributed by atoms with Gasteiger partial charge in [-0.05, 0) is 30.2 Å². The quantitative estimate of drug-likeness (QED) is 0.855. The number of nitrogens with zero attached hydrogens (tertiary/aromatic N) is 1. The number of hydrogen-bond donors (Lipinski definition) is 1. The molecule has 1 aromatic rings. The average Bonchev–Trinajstić information content (AvgIpc) is 2.27. The van der Waals surface area contributed by atoms with E-state index in [4.69, 9.17) is 0 Å². The van der Waals surface area contributed by atoms with Crippen LogP contribution >= 0.6 is 0 Å². The molecule has 0 unspecified atom stereocenters. The van der Waals surface area contributed by atoms with E-state index in [9.17, 15) is 13.2 Å². The topological polar surface area (TPSA) is 15.3 Å². The maximum atomic E-state index is 12.3. The maximum Gasteiger partial charge on any atom is 0.405 e. The highest BCUT2D eigenvalue weighted by molar-refractivity contribution is 5.47. The summed E-state index contributed by atoms with van der Waals surface area (Å²) in [6.45, 7) is 4.99. The molecule has 0 radical (unpaired) electrons. The summed E-state index contributed by atoms with van der Waals surface area (Å²) in [5.41, 5.74) is 1.65. The first kappa shape index (κ1) is 15.8. The molecule has 1 aromatic carbocycles. The first-order valence-electron chi connectivity index (χ1n) is 6.35. The van der Waals surface area contributed by atoms with Gasteiger partial charge in [0.15, 0.2) is 0 Å². The lowest BCUT2D eigenvalue weighted by Gasteiger charge is -2.21. The van der Waals surface area contributed by atoms with E-state index >= 15 is 0 Å². The lowest BCUT2D eigenvalue weighted by molar-refractivity contribution is -0.119. The molecule has 0 aromatic heterocycles. The number of anilines is 1. The van der Waals surface area contributed by atoms with Gasteiger partial charge in [-0.25, -0.2) is 0 Å². The van der Waals surface area contributed by atoms with Gasteiger partial charge < -0.3 is 10.2 Å². The Balaban J connectivity index is 2.51. The van der Waals surface area contributed by atoms with Crippen molar-refractivity contribution in [1.82, 2.24) is 5.32 Å². The molecule has 1 N–H and O–H groups in total. The van der Waals surface area contributed by atoms with Crippen LogP contribution in [0.3, 0.4) is 0 Å². The molecule has 0 aliphatic heterocycles. The Morgan fingerprint density at radius 2 is 1.74 bits per heavy atom. The summed E-state index contributed by atoms with van der Waals surface area (Å²) in [4.78, 5) is 1.20. The maximum absolute atomic E-state index is 12.3. The van der Waals surface area contributed by atoms with Crippen molar-refractivity contribution in [3.8, 4) is 0 Å². The minimum absolute atomic E-state index is 0.574. The summed E-state index contributed by atoms with van der Waals surface area (Å²) in [6, 6.07) is 7.15. The predicted octanol–water partition coefficient (Wildman–Crippen LogP) is 3.43. The van der Waals surface area contributed by atoms with Crippen molar-refractivity contribution in [2.75, 3.05) is 25.0 Å². The summed E-state index contributed by atoms with van der Waals surface area (Å²) in [5.74, 6) is 0.581. The highest BCUT2D eigenvalue weighted by atomic mass is 19.4. The van der Waals surface area contributed by atoms with Crippen LogP contribution in [0.25, 0.3) is 0 Å². The number of alkyl halides is 3. The Morgan fingerprint density at radius 3 is 2.21 bits per heavy atom. The fraction of sp³-hybridized carbons (Fsp3) is 0.571. The van der Waals surface area contributed by atoms with Crippen molar-refractivity contribution in [2.45, 2.75) is 26.6 Å². The Labute approximate surface area is 112 Å². The van der Waals surface area contributed by atoms with Gasteiger partial charge >= 0.3 is 6.18 Å². The molecule has 0 saturated heterocycles. The fourth-order valence-electron chi connectivity index (χ4n) is 1.73. The zero-order valence-corrected chi connectivity index (χ0v) is 11.6. The first-order valence-corrected chi connectivity index (χ1v) is 6.35. The van der Waals surface area contributed by atoms with Gasteiger partial charge in [-0.3, -0.25) is 0 Å². The van der Waals surface area contributed by atoms with Crippen molar-refractivity contribution in [3.63, 3.8) is 0 Å². The highest BCUT2D eigenvalue weighted by Gasteiger charge is 2.29. The minimum atomic E-state index is -4.17. The van der Waals surface area contributed by atoms with E-state index in [0.29, 0.717) is 11.6 Å². The lowest BCUT2D eigenvalue weighted by atomic mass is 10.2. The van der Waals surface area contributed by atoms with Crippen LogP contribution in [0.15, 0.2) is 24.3 Å². The summed E-state index contributed by atoms with van der Waals surface area (Å²) in [7, 11) is 1.44. The van der Waals surface area contributed by atoms with Gasteiger partial charge in [-0.2, -0.15) is 13.2 Å². The third kappa shape index (κ3) is 6.47.